The van der Waals surface area contributed by atoms with Crippen molar-refractivity contribution < 1.29 is 4.39 Å². The van der Waals surface area contributed by atoms with E-state index < -0.39 is 6.17 Å². The number of nitrogens with zero attached hydrogens (tertiary/aromatic N) is 2. The largest absolute Gasteiger partial charge is 0.296 e. The van der Waals surface area contributed by atoms with Crippen molar-refractivity contribution in [1.82, 2.24) is 9.88 Å². The van der Waals surface area contributed by atoms with Crippen molar-refractivity contribution in [2.45, 2.75) is 25.6 Å². The van der Waals surface area contributed by atoms with Crippen LogP contribution in [0.4, 0.5) is 4.39 Å². The molecular weight excluding hydrogens is 179 g/mol. The van der Waals surface area contributed by atoms with Gasteiger partial charge in [0.05, 0.1) is 0 Å². The van der Waals surface area contributed by atoms with Crippen LogP contribution < -0.4 is 0 Å². The molecule has 0 radical (unpaired) electrons. The first-order valence-corrected chi connectivity index (χ1v) is 5.10. The summed E-state index contributed by atoms with van der Waals surface area (Å²) in [5, 5.41) is 0. The Hall–Kier alpha value is -0.960. The third-order valence-electron chi connectivity index (χ3n) is 2.58. The van der Waals surface area contributed by atoms with Crippen LogP contribution in [0.3, 0.4) is 0 Å². The zero-order valence-corrected chi connectivity index (χ0v) is 8.19. The quantitative estimate of drug-likeness (QED) is 0.716. The average molecular weight is 194 g/mol. The van der Waals surface area contributed by atoms with Gasteiger partial charge in [0.1, 0.15) is 6.17 Å². The smallest absolute Gasteiger partial charge is 0.113 e. The molecule has 2 rings (SSSR count). The normalized spacial score (nSPS) is 23.6. The Bertz CT molecular complexity index is 276. The van der Waals surface area contributed by atoms with E-state index in [-0.39, 0.29) is 0 Å². The topological polar surface area (TPSA) is 16.1 Å². The first-order valence-electron chi connectivity index (χ1n) is 5.10. The molecule has 0 aromatic carbocycles. The van der Waals surface area contributed by atoms with Gasteiger partial charge in [0.15, 0.2) is 0 Å². The Morgan fingerprint density at radius 2 is 2.50 bits per heavy atom. The second kappa shape index (κ2) is 4.51. The van der Waals surface area contributed by atoms with Crippen LogP contribution in [0.2, 0.25) is 0 Å². The predicted octanol–water partition coefficient (Wildman–Crippen LogP) is 2.02. The van der Waals surface area contributed by atoms with Gasteiger partial charge >= 0.3 is 0 Å². The molecule has 2 heterocycles. The maximum Gasteiger partial charge on any atom is 0.113 e. The molecule has 0 spiro atoms. The maximum atomic E-state index is 13.1. The fourth-order valence-corrected chi connectivity index (χ4v) is 1.89. The third kappa shape index (κ3) is 2.51. The van der Waals surface area contributed by atoms with Gasteiger partial charge in [-0.05, 0) is 31.0 Å². The van der Waals surface area contributed by atoms with Crippen molar-refractivity contribution in [3.63, 3.8) is 0 Å². The molecule has 1 aliphatic rings. The zero-order chi connectivity index (χ0) is 9.80. The molecule has 3 heteroatoms. The van der Waals surface area contributed by atoms with Gasteiger partial charge in [0, 0.05) is 25.5 Å². The number of hydrogen-bond acceptors (Lipinski definition) is 2. The van der Waals surface area contributed by atoms with Gasteiger partial charge in [0.2, 0.25) is 0 Å². The van der Waals surface area contributed by atoms with Crippen LogP contribution in [-0.4, -0.2) is 29.1 Å². The lowest BCUT2D eigenvalue weighted by Crippen LogP contribution is -2.35. The van der Waals surface area contributed by atoms with Gasteiger partial charge in [-0.3, -0.25) is 9.88 Å². The number of hydrogen-bond donors (Lipinski definition) is 0. The molecule has 1 saturated heterocycles. The molecule has 0 bridgehead atoms. The highest BCUT2D eigenvalue weighted by atomic mass is 19.1. The molecule has 14 heavy (non-hydrogen) atoms. The van der Waals surface area contributed by atoms with Crippen molar-refractivity contribution in [2.75, 3.05) is 13.1 Å². The highest BCUT2D eigenvalue weighted by Crippen LogP contribution is 2.15. The van der Waals surface area contributed by atoms with Gasteiger partial charge < -0.3 is 0 Å². The van der Waals surface area contributed by atoms with Crippen molar-refractivity contribution >= 4 is 0 Å². The number of pyridine rings is 1. The summed E-state index contributed by atoms with van der Waals surface area (Å²) in [6.45, 7) is 2.42. The monoisotopic (exact) mass is 194 g/mol. The molecule has 0 saturated carbocycles. The predicted molar refractivity (Wildman–Crippen MR) is 53.6 cm³/mol. The van der Waals surface area contributed by atoms with Crippen LogP contribution in [0.25, 0.3) is 0 Å². The lowest BCUT2D eigenvalue weighted by atomic mass is 10.1. The lowest BCUT2D eigenvalue weighted by Gasteiger charge is -2.28. The fourth-order valence-electron chi connectivity index (χ4n) is 1.89. The SMILES string of the molecule is FC1CCCN(Cc2cccnc2)C1. The minimum absolute atomic E-state index is 0.578. The third-order valence-corrected chi connectivity index (χ3v) is 2.58. The number of halogens is 1. The van der Waals surface area contributed by atoms with Crippen molar-refractivity contribution in [3.05, 3.63) is 30.1 Å². The van der Waals surface area contributed by atoms with Crippen LogP contribution in [0.15, 0.2) is 24.5 Å². The maximum absolute atomic E-state index is 13.1. The molecule has 1 aromatic rings. The molecule has 2 nitrogen and oxygen atoms in total. The van der Waals surface area contributed by atoms with E-state index in [1.165, 1.54) is 5.56 Å². The summed E-state index contributed by atoms with van der Waals surface area (Å²) in [5.41, 5.74) is 1.17. The van der Waals surface area contributed by atoms with E-state index in [2.05, 4.69) is 9.88 Å². The summed E-state index contributed by atoms with van der Waals surface area (Å²) in [5.74, 6) is 0. The Morgan fingerprint density at radius 1 is 1.57 bits per heavy atom. The summed E-state index contributed by atoms with van der Waals surface area (Å²) < 4.78 is 13.1. The first kappa shape index (κ1) is 9.59. The standard InChI is InChI=1S/C11H15FN2/c12-11-4-2-6-14(9-11)8-10-3-1-5-13-7-10/h1,3,5,7,11H,2,4,6,8-9H2. The molecule has 1 unspecified atom stereocenters. The highest BCUT2D eigenvalue weighted by molar-refractivity contribution is 5.08. The van der Waals surface area contributed by atoms with Crippen molar-refractivity contribution in [1.29, 1.82) is 0 Å². The highest BCUT2D eigenvalue weighted by Gasteiger charge is 2.18. The summed E-state index contributed by atoms with van der Waals surface area (Å²) >= 11 is 0. The summed E-state index contributed by atoms with van der Waals surface area (Å²) in [7, 11) is 0. The van der Waals surface area contributed by atoms with Gasteiger partial charge in [-0.2, -0.15) is 0 Å². The van der Waals surface area contributed by atoms with Crippen LogP contribution in [0.5, 0.6) is 0 Å². The molecule has 76 valence electrons. The second-order valence-corrected chi connectivity index (χ2v) is 3.84. The van der Waals surface area contributed by atoms with E-state index in [0.29, 0.717) is 6.54 Å². The number of piperidine rings is 1. The second-order valence-electron chi connectivity index (χ2n) is 3.84. The van der Waals surface area contributed by atoms with Gasteiger partial charge in [-0.25, -0.2) is 4.39 Å². The average Bonchev–Trinajstić information content (AvgIpc) is 2.19. The number of likely N-dealkylation sites (tertiary alicyclic amines) is 1. The number of alkyl halides is 1. The van der Waals surface area contributed by atoms with E-state index in [0.717, 1.165) is 25.9 Å². The minimum Gasteiger partial charge on any atom is -0.296 e. The van der Waals surface area contributed by atoms with E-state index in [4.69, 9.17) is 0 Å². The van der Waals surface area contributed by atoms with Gasteiger partial charge in [-0.15, -0.1) is 0 Å². The molecule has 0 aliphatic carbocycles. The minimum atomic E-state index is -0.638. The molecule has 1 fully saturated rings. The summed E-state index contributed by atoms with van der Waals surface area (Å²) in [4.78, 5) is 6.21. The zero-order valence-electron chi connectivity index (χ0n) is 8.19. The molecular formula is C11H15FN2. The van der Waals surface area contributed by atoms with E-state index in [1.807, 2.05) is 18.3 Å². The molecule has 0 N–H and O–H groups in total. The van der Waals surface area contributed by atoms with E-state index in [1.54, 1.807) is 6.20 Å². The van der Waals surface area contributed by atoms with Crippen LogP contribution >= 0.6 is 0 Å². The Balaban J connectivity index is 1.91. The molecule has 0 amide bonds. The lowest BCUT2D eigenvalue weighted by molar-refractivity contribution is 0.133. The van der Waals surface area contributed by atoms with Crippen molar-refractivity contribution in [3.8, 4) is 0 Å². The fraction of sp³-hybridized carbons (Fsp3) is 0.545. The van der Waals surface area contributed by atoms with Gasteiger partial charge in [0.25, 0.3) is 0 Å². The Labute approximate surface area is 83.8 Å². The molecule has 1 aliphatic heterocycles. The van der Waals surface area contributed by atoms with E-state index >= 15 is 0 Å². The number of aromatic nitrogens is 1. The number of rotatable bonds is 2. The van der Waals surface area contributed by atoms with Gasteiger partial charge in [-0.1, -0.05) is 6.07 Å². The molecule has 1 aromatic heterocycles. The van der Waals surface area contributed by atoms with E-state index in [9.17, 15) is 4.39 Å². The Kier molecular flexibility index (Phi) is 3.09. The van der Waals surface area contributed by atoms with Crippen LogP contribution in [-0.2, 0) is 6.54 Å². The first-order chi connectivity index (χ1) is 6.84. The Morgan fingerprint density at radius 3 is 3.21 bits per heavy atom. The van der Waals surface area contributed by atoms with Crippen LogP contribution in [0, 0.1) is 0 Å². The summed E-state index contributed by atoms with van der Waals surface area (Å²) in [6.07, 6.45) is 4.67. The molecule has 1 atom stereocenters. The van der Waals surface area contributed by atoms with Crippen LogP contribution in [0.1, 0.15) is 18.4 Å². The summed E-state index contributed by atoms with van der Waals surface area (Å²) in [6, 6.07) is 3.96. The van der Waals surface area contributed by atoms with Crippen molar-refractivity contribution in [2.24, 2.45) is 0 Å².